The number of carboxylic acids is 1. The summed E-state index contributed by atoms with van der Waals surface area (Å²) in [7, 11) is 0. The molecular formula is C25H49I2NO3Zn. The summed E-state index contributed by atoms with van der Waals surface area (Å²) in [5.41, 5.74) is 0. The quantitative estimate of drug-likeness (QED) is 0.119. The first kappa shape index (κ1) is 40.2. The van der Waals surface area contributed by atoms with Crippen molar-refractivity contribution in [3.05, 3.63) is 0 Å². The Morgan fingerprint density at radius 1 is 0.719 bits per heavy atom. The van der Waals surface area contributed by atoms with Gasteiger partial charge in [-0.1, -0.05) is 122 Å². The fourth-order valence-electron chi connectivity index (χ4n) is 3.62. The first-order chi connectivity index (χ1) is 14.3. The summed E-state index contributed by atoms with van der Waals surface area (Å²) in [6, 6.07) is 0. The smallest absolute Gasteiger partial charge is 1.00 e. The predicted molar refractivity (Wildman–Crippen MR) is 125 cm³/mol. The van der Waals surface area contributed by atoms with Crippen molar-refractivity contribution < 1.29 is 82.1 Å². The van der Waals surface area contributed by atoms with Crippen LogP contribution in [0.4, 0.5) is 0 Å². The number of unbranched alkanes of at least 4 members (excludes halogenated alkanes) is 18. The molecule has 0 amide bonds. The SMILES string of the molecule is C1=NCCO1.CCCCCCCCCCCCCCCCCCCCCC(=O)O.[I-].[I-].[Zn+2]. The van der Waals surface area contributed by atoms with E-state index in [1.165, 1.54) is 116 Å². The summed E-state index contributed by atoms with van der Waals surface area (Å²) in [6.45, 7) is 3.91. The summed E-state index contributed by atoms with van der Waals surface area (Å²) < 4.78 is 4.65. The molecule has 0 spiro atoms. The van der Waals surface area contributed by atoms with E-state index in [9.17, 15) is 4.79 Å². The Morgan fingerprint density at radius 3 is 1.28 bits per heavy atom. The van der Waals surface area contributed by atoms with Crippen molar-refractivity contribution in [3.63, 3.8) is 0 Å². The van der Waals surface area contributed by atoms with Crippen molar-refractivity contribution in [3.8, 4) is 0 Å². The minimum atomic E-state index is -0.651. The van der Waals surface area contributed by atoms with Gasteiger partial charge < -0.3 is 57.8 Å². The van der Waals surface area contributed by atoms with E-state index in [-0.39, 0.29) is 67.4 Å². The van der Waals surface area contributed by atoms with Crippen LogP contribution in [0.15, 0.2) is 4.99 Å². The van der Waals surface area contributed by atoms with Gasteiger partial charge in [-0.15, -0.1) is 0 Å². The summed E-state index contributed by atoms with van der Waals surface area (Å²) in [4.78, 5) is 14.1. The Bertz CT molecular complexity index is 369. The number of ether oxygens (including phenoxy) is 1. The summed E-state index contributed by atoms with van der Waals surface area (Å²) in [6.07, 6.45) is 27.6. The minimum Gasteiger partial charge on any atom is -1.00 e. The molecule has 1 aliphatic rings. The molecule has 0 aromatic heterocycles. The van der Waals surface area contributed by atoms with Gasteiger partial charge in [-0.2, -0.15) is 0 Å². The van der Waals surface area contributed by atoms with Crippen molar-refractivity contribution in [2.45, 2.75) is 135 Å². The number of halogens is 2. The molecule has 0 aliphatic carbocycles. The minimum absolute atomic E-state index is 0. The maximum atomic E-state index is 10.4. The van der Waals surface area contributed by atoms with Gasteiger partial charge in [-0.05, 0) is 6.42 Å². The van der Waals surface area contributed by atoms with E-state index in [2.05, 4.69) is 16.7 Å². The topological polar surface area (TPSA) is 58.9 Å². The maximum absolute atomic E-state index is 10.4. The number of hydrogen-bond donors (Lipinski definition) is 1. The molecule has 1 rings (SSSR count). The van der Waals surface area contributed by atoms with Gasteiger partial charge in [0.15, 0.2) is 6.40 Å². The Hall–Kier alpha value is 1.02. The number of aliphatic carboxylic acids is 1. The van der Waals surface area contributed by atoms with Crippen LogP contribution in [0.2, 0.25) is 0 Å². The van der Waals surface area contributed by atoms with Crippen LogP contribution in [0, 0.1) is 0 Å². The third kappa shape index (κ3) is 38.3. The average Bonchev–Trinajstić information content (AvgIpc) is 3.30. The predicted octanol–water partition coefficient (Wildman–Crippen LogP) is 1.94. The average molecular weight is 731 g/mol. The van der Waals surface area contributed by atoms with Gasteiger partial charge >= 0.3 is 25.4 Å². The number of carbonyl (C=O) groups is 1. The molecule has 32 heavy (non-hydrogen) atoms. The Balaban J connectivity index is -0.000000428. The van der Waals surface area contributed by atoms with Crippen molar-refractivity contribution in [2.75, 3.05) is 13.2 Å². The van der Waals surface area contributed by atoms with Gasteiger partial charge in [-0.25, -0.2) is 0 Å². The maximum Gasteiger partial charge on any atom is 2.00 e. The number of aliphatic imine (C=N–C) groups is 1. The molecule has 0 saturated heterocycles. The first-order valence-electron chi connectivity index (χ1n) is 12.6. The molecule has 7 heteroatoms. The number of carboxylic acid groups (broad SMARTS) is 1. The van der Waals surface area contributed by atoms with Crippen molar-refractivity contribution >= 4 is 12.4 Å². The summed E-state index contributed by atoms with van der Waals surface area (Å²) in [5, 5.41) is 8.56. The van der Waals surface area contributed by atoms with Crippen LogP contribution < -0.4 is 48.0 Å². The number of nitrogens with zero attached hydrogens (tertiary/aromatic N) is 1. The normalized spacial score (nSPS) is 11.3. The summed E-state index contributed by atoms with van der Waals surface area (Å²) >= 11 is 0. The molecule has 1 heterocycles. The van der Waals surface area contributed by atoms with Crippen molar-refractivity contribution in [1.82, 2.24) is 0 Å². The Labute approximate surface area is 246 Å². The fourth-order valence-corrected chi connectivity index (χ4v) is 3.62. The molecule has 1 N–H and O–H groups in total. The molecule has 0 fully saturated rings. The van der Waals surface area contributed by atoms with E-state index in [0.717, 1.165) is 26.0 Å². The Morgan fingerprint density at radius 2 is 1.06 bits per heavy atom. The fraction of sp³-hybridized carbons (Fsp3) is 0.920. The monoisotopic (exact) mass is 729 g/mol. The second-order valence-electron chi connectivity index (χ2n) is 8.39. The van der Waals surface area contributed by atoms with Crippen LogP contribution in [0.5, 0.6) is 0 Å². The zero-order valence-corrected chi connectivity index (χ0v) is 28.1. The van der Waals surface area contributed by atoms with Gasteiger partial charge in [0, 0.05) is 6.42 Å². The molecule has 0 saturated carbocycles. The van der Waals surface area contributed by atoms with Crippen LogP contribution in [-0.2, 0) is 29.0 Å². The van der Waals surface area contributed by atoms with E-state index >= 15 is 0 Å². The van der Waals surface area contributed by atoms with E-state index in [1.54, 1.807) is 0 Å². The molecule has 0 aromatic carbocycles. The van der Waals surface area contributed by atoms with Crippen molar-refractivity contribution in [2.24, 2.45) is 4.99 Å². The number of rotatable bonds is 20. The zero-order chi connectivity index (χ0) is 21.3. The second-order valence-corrected chi connectivity index (χ2v) is 8.39. The van der Waals surface area contributed by atoms with E-state index < -0.39 is 5.97 Å². The van der Waals surface area contributed by atoms with Crippen molar-refractivity contribution in [1.29, 1.82) is 0 Å². The Kier molecular flexibility index (Phi) is 46.0. The van der Waals surface area contributed by atoms with Gasteiger partial charge in [0.25, 0.3) is 0 Å². The van der Waals surface area contributed by atoms with Gasteiger partial charge in [0.1, 0.15) is 6.61 Å². The van der Waals surface area contributed by atoms with Crippen LogP contribution in [0.3, 0.4) is 0 Å². The van der Waals surface area contributed by atoms with Gasteiger partial charge in [0.2, 0.25) is 0 Å². The molecular weight excluding hydrogens is 681 g/mol. The van der Waals surface area contributed by atoms with Gasteiger partial charge in [-0.3, -0.25) is 9.79 Å². The molecule has 188 valence electrons. The second kappa shape index (κ2) is 36.6. The third-order valence-electron chi connectivity index (χ3n) is 5.48. The molecule has 4 nitrogen and oxygen atoms in total. The third-order valence-corrected chi connectivity index (χ3v) is 5.48. The number of hydrogen-bond acceptors (Lipinski definition) is 3. The molecule has 0 aromatic rings. The standard InChI is InChI=1S/C22H44O2.C3H5NO.2HI.Zn/c1-2-3-4-5-6-7-8-9-10-11-12-13-14-15-16-17-18-19-20-21-22(23)24;1-2-5-3-4-1;;;/h2-21H2,1H3,(H,23,24);3H,1-2H2;2*1H;/q;;;;+2/p-2. The van der Waals surface area contributed by atoms with E-state index in [4.69, 9.17) is 5.11 Å². The zero-order valence-electron chi connectivity index (χ0n) is 20.8. The molecule has 0 atom stereocenters. The largest absolute Gasteiger partial charge is 2.00 e. The van der Waals surface area contributed by atoms with Crippen LogP contribution in [0.1, 0.15) is 135 Å². The van der Waals surface area contributed by atoms with Gasteiger partial charge in [0.05, 0.1) is 6.54 Å². The summed E-state index contributed by atoms with van der Waals surface area (Å²) in [5.74, 6) is -0.651. The van der Waals surface area contributed by atoms with E-state index in [1.807, 2.05) is 0 Å². The molecule has 1 aliphatic heterocycles. The van der Waals surface area contributed by atoms with Crippen LogP contribution in [-0.4, -0.2) is 30.6 Å². The molecule has 0 radical (unpaired) electrons. The van der Waals surface area contributed by atoms with Crippen LogP contribution >= 0.6 is 0 Å². The van der Waals surface area contributed by atoms with E-state index in [0.29, 0.717) is 6.42 Å². The first-order valence-corrected chi connectivity index (χ1v) is 12.6. The van der Waals surface area contributed by atoms with Crippen LogP contribution in [0.25, 0.3) is 0 Å². The molecule has 0 unspecified atom stereocenters. The molecule has 0 bridgehead atoms.